The zero-order chi connectivity index (χ0) is 13.7. The number of nitrogens with two attached hydrogens (primary N) is 1. The van der Waals surface area contributed by atoms with Crippen molar-refractivity contribution in [1.82, 2.24) is 9.97 Å². The minimum Gasteiger partial charge on any atom is -0.389 e. The summed E-state index contributed by atoms with van der Waals surface area (Å²) in [5.74, 6) is 6.28. The van der Waals surface area contributed by atoms with Gasteiger partial charge in [-0.2, -0.15) is 4.98 Å². The van der Waals surface area contributed by atoms with Crippen LogP contribution in [0.3, 0.4) is 0 Å². The average molecular weight is 263 g/mol. The number of nitrogens with one attached hydrogen (secondary N) is 2. The number of fused-ring (bicyclic) bond motifs is 1. The maximum absolute atomic E-state index is 9.64. The molecule has 0 aliphatic rings. The van der Waals surface area contributed by atoms with Crippen molar-refractivity contribution in [2.45, 2.75) is 6.10 Å². The maximum atomic E-state index is 9.64. The molecule has 0 aliphatic carbocycles. The van der Waals surface area contributed by atoms with Crippen molar-refractivity contribution < 1.29 is 9.84 Å². The monoisotopic (exact) mass is 263 g/mol. The first-order valence-corrected chi connectivity index (χ1v) is 5.89. The van der Waals surface area contributed by atoms with Crippen molar-refractivity contribution >= 4 is 22.7 Å². The third kappa shape index (κ3) is 3.28. The number of anilines is 2. The predicted octanol–water partition coefficient (Wildman–Crippen LogP) is 0.335. The van der Waals surface area contributed by atoms with Crippen LogP contribution in [0.25, 0.3) is 10.9 Å². The molecule has 7 heteroatoms. The van der Waals surface area contributed by atoms with Crippen molar-refractivity contribution in [3.05, 3.63) is 24.3 Å². The Balaban J connectivity index is 2.25. The van der Waals surface area contributed by atoms with Gasteiger partial charge in [0.15, 0.2) is 0 Å². The molecule has 19 heavy (non-hydrogen) atoms. The molecule has 0 saturated heterocycles. The summed E-state index contributed by atoms with van der Waals surface area (Å²) in [6.45, 7) is 0.594. The summed E-state index contributed by atoms with van der Waals surface area (Å²) in [4.78, 5) is 8.48. The Labute approximate surface area is 110 Å². The van der Waals surface area contributed by atoms with E-state index >= 15 is 0 Å². The van der Waals surface area contributed by atoms with Crippen LogP contribution in [0.5, 0.6) is 0 Å². The standard InChI is InChI=1S/C12H17N5O2/c1-19-7-8(18)6-14-11-9-4-2-3-5-10(9)15-12(16-11)17-13/h2-5,8,18H,6-7,13H2,1H3,(H2,14,15,16,17). The lowest BCUT2D eigenvalue weighted by molar-refractivity contribution is 0.0727. The van der Waals surface area contributed by atoms with Gasteiger partial charge in [-0.1, -0.05) is 12.1 Å². The molecule has 0 aliphatic heterocycles. The number of aromatic nitrogens is 2. The second kappa shape index (κ2) is 6.28. The van der Waals surface area contributed by atoms with Crippen LogP contribution in [0.1, 0.15) is 0 Å². The molecular formula is C12H17N5O2. The molecule has 2 rings (SSSR count). The summed E-state index contributed by atoms with van der Waals surface area (Å²) < 4.78 is 4.87. The second-order valence-corrected chi connectivity index (χ2v) is 4.05. The van der Waals surface area contributed by atoms with Crippen molar-refractivity contribution in [2.75, 3.05) is 31.0 Å². The normalized spacial score (nSPS) is 12.4. The van der Waals surface area contributed by atoms with Gasteiger partial charge in [-0.05, 0) is 12.1 Å². The molecule has 7 nitrogen and oxygen atoms in total. The Hall–Kier alpha value is -1.96. The van der Waals surface area contributed by atoms with E-state index in [-0.39, 0.29) is 6.61 Å². The average Bonchev–Trinajstić information content (AvgIpc) is 2.44. The molecule has 1 heterocycles. The Morgan fingerprint density at radius 3 is 2.89 bits per heavy atom. The van der Waals surface area contributed by atoms with E-state index in [1.165, 1.54) is 0 Å². The minimum atomic E-state index is -0.604. The van der Waals surface area contributed by atoms with E-state index in [1.807, 2.05) is 24.3 Å². The van der Waals surface area contributed by atoms with Gasteiger partial charge in [0.25, 0.3) is 0 Å². The molecule has 1 aromatic heterocycles. The first-order chi connectivity index (χ1) is 9.24. The summed E-state index contributed by atoms with van der Waals surface area (Å²) in [6, 6.07) is 7.56. The third-order valence-electron chi connectivity index (χ3n) is 2.60. The van der Waals surface area contributed by atoms with Gasteiger partial charge in [0.1, 0.15) is 5.82 Å². The summed E-state index contributed by atoms with van der Waals surface area (Å²) in [7, 11) is 1.54. The largest absolute Gasteiger partial charge is 0.389 e. The van der Waals surface area contributed by atoms with E-state index in [9.17, 15) is 5.11 Å². The van der Waals surface area contributed by atoms with E-state index in [0.29, 0.717) is 18.3 Å². The molecule has 1 unspecified atom stereocenters. The van der Waals surface area contributed by atoms with Gasteiger partial charge in [0.05, 0.1) is 18.2 Å². The molecular weight excluding hydrogens is 246 g/mol. The van der Waals surface area contributed by atoms with E-state index < -0.39 is 6.10 Å². The molecule has 0 bridgehead atoms. The molecule has 5 N–H and O–H groups in total. The molecule has 1 aromatic carbocycles. The number of nitrogens with zero attached hydrogens (tertiary/aromatic N) is 2. The first-order valence-electron chi connectivity index (χ1n) is 5.89. The van der Waals surface area contributed by atoms with E-state index in [2.05, 4.69) is 20.7 Å². The van der Waals surface area contributed by atoms with E-state index in [4.69, 9.17) is 10.6 Å². The van der Waals surface area contributed by atoms with Crippen LogP contribution in [0.15, 0.2) is 24.3 Å². The molecule has 2 aromatic rings. The number of rotatable bonds is 6. The second-order valence-electron chi connectivity index (χ2n) is 4.05. The summed E-state index contributed by atoms with van der Waals surface area (Å²) in [5.41, 5.74) is 3.20. The lowest BCUT2D eigenvalue weighted by Gasteiger charge is -2.13. The van der Waals surface area contributed by atoms with Gasteiger partial charge < -0.3 is 15.2 Å². The van der Waals surface area contributed by atoms with Crippen LogP contribution in [-0.2, 0) is 4.74 Å². The van der Waals surface area contributed by atoms with Gasteiger partial charge in [-0.15, -0.1) is 0 Å². The number of aliphatic hydroxyl groups excluding tert-OH is 1. The zero-order valence-corrected chi connectivity index (χ0v) is 10.6. The Morgan fingerprint density at radius 2 is 2.16 bits per heavy atom. The van der Waals surface area contributed by atoms with Crippen molar-refractivity contribution in [1.29, 1.82) is 0 Å². The number of hydrogen-bond acceptors (Lipinski definition) is 7. The van der Waals surface area contributed by atoms with Crippen molar-refractivity contribution in [2.24, 2.45) is 5.84 Å². The van der Waals surface area contributed by atoms with Crippen LogP contribution < -0.4 is 16.6 Å². The van der Waals surface area contributed by atoms with Gasteiger partial charge in [0, 0.05) is 19.0 Å². The number of methoxy groups -OCH3 is 1. The van der Waals surface area contributed by atoms with Crippen LogP contribution in [-0.4, -0.2) is 41.4 Å². The summed E-state index contributed by atoms with van der Waals surface area (Å²) in [6.07, 6.45) is -0.604. The number of para-hydroxylation sites is 1. The Bertz CT molecular complexity index is 549. The highest BCUT2D eigenvalue weighted by atomic mass is 16.5. The van der Waals surface area contributed by atoms with Crippen LogP contribution in [0.2, 0.25) is 0 Å². The minimum absolute atomic E-state index is 0.262. The SMILES string of the molecule is COCC(O)CNc1nc(NN)nc2ccccc12. The van der Waals surface area contributed by atoms with Crippen molar-refractivity contribution in [3.8, 4) is 0 Å². The third-order valence-corrected chi connectivity index (χ3v) is 2.60. The number of aliphatic hydroxyl groups is 1. The quantitative estimate of drug-likeness (QED) is 0.440. The maximum Gasteiger partial charge on any atom is 0.239 e. The fraction of sp³-hybridized carbons (Fsp3) is 0.333. The van der Waals surface area contributed by atoms with Crippen LogP contribution >= 0.6 is 0 Å². The van der Waals surface area contributed by atoms with Crippen LogP contribution in [0, 0.1) is 0 Å². The first kappa shape index (κ1) is 13.5. The van der Waals surface area contributed by atoms with Gasteiger partial charge in [-0.3, -0.25) is 5.43 Å². The molecule has 102 valence electrons. The molecule has 0 radical (unpaired) electrons. The van der Waals surface area contributed by atoms with E-state index in [1.54, 1.807) is 7.11 Å². The van der Waals surface area contributed by atoms with Crippen molar-refractivity contribution in [3.63, 3.8) is 0 Å². The molecule has 0 fully saturated rings. The highest BCUT2D eigenvalue weighted by molar-refractivity contribution is 5.89. The molecule has 1 atom stereocenters. The van der Waals surface area contributed by atoms with Gasteiger partial charge in [-0.25, -0.2) is 10.8 Å². The molecule has 0 saturated carbocycles. The number of hydrazine groups is 1. The fourth-order valence-corrected chi connectivity index (χ4v) is 1.74. The lowest BCUT2D eigenvalue weighted by Crippen LogP contribution is -2.25. The highest BCUT2D eigenvalue weighted by Gasteiger charge is 2.09. The number of ether oxygens (including phenoxy) is 1. The smallest absolute Gasteiger partial charge is 0.239 e. The number of benzene rings is 1. The molecule has 0 spiro atoms. The highest BCUT2D eigenvalue weighted by Crippen LogP contribution is 2.21. The van der Waals surface area contributed by atoms with E-state index in [0.717, 1.165) is 10.9 Å². The van der Waals surface area contributed by atoms with Crippen LogP contribution in [0.4, 0.5) is 11.8 Å². The van der Waals surface area contributed by atoms with Gasteiger partial charge >= 0.3 is 0 Å². The topological polar surface area (TPSA) is 105 Å². The fourth-order valence-electron chi connectivity index (χ4n) is 1.74. The molecule has 0 amide bonds. The predicted molar refractivity (Wildman–Crippen MR) is 73.7 cm³/mol. The summed E-state index contributed by atoms with van der Waals surface area (Å²) in [5, 5.41) is 13.6. The number of nitrogen functional groups attached to an aromatic ring is 1. The summed E-state index contributed by atoms with van der Waals surface area (Å²) >= 11 is 0. The zero-order valence-electron chi connectivity index (χ0n) is 10.6. The Kier molecular flexibility index (Phi) is 4.45. The Morgan fingerprint density at radius 1 is 1.37 bits per heavy atom. The van der Waals surface area contributed by atoms with Gasteiger partial charge in [0.2, 0.25) is 5.95 Å². The lowest BCUT2D eigenvalue weighted by atomic mass is 10.2. The number of hydrogen-bond donors (Lipinski definition) is 4.